The van der Waals surface area contributed by atoms with Crippen LogP contribution in [0.3, 0.4) is 0 Å². The van der Waals surface area contributed by atoms with Crippen LogP contribution in [-0.4, -0.2) is 18.6 Å². The van der Waals surface area contributed by atoms with Crippen molar-refractivity contribution in [2.45, 2.75) is 26.4 Å². The number of benzene rings is 1. The fourth-order valence-electron chi connectivity index (χ4n) is 1.51. The Balaban J connectivity index is 2.99. The summed E-state index contributed by atoms with van der Waals surface area (Å²) in [7, 11) is 0. The minimum atomic E-state index is -0.697. The van der Waals surface area contributed by atoms with E-state index in [1.165, 1.54) is 0 Å². The maximum atomic E-state index is 11.5. The molecule has 1 atom stereocenters. The maximum absolute atomic E-state index is 11.5. The van der Waals surface area contributed by atoms with Crippen molar-refractivity contribution in [3.63, 3.8) is 0 Å². The molecule has 1 aromatic rings. The quantitative estimate of drug-likeness (QED) is 0.455. The van der Waals surface area contributed by atoms with Crippen LogP contribution in [-0.2, 0) is 4.79 Å². The van der Waals surface area contributed by atoms with Crippen molar-refractivity contribution in [2.75, 3.05) is 6.61 Å². The zero-order valence-corrected chi connectivity index (χ0v) is 11.0. The van der Waals surface area contributed by atoms with Crippen molar-refractivity contribution in [2.24, 2.45) is 5.84 Å². The van der Waals surface area contributed by atoms with Gasteiger partial charge >= 0.3 is 0 Å². The van der Waals surface area contributed by atoms with Crippen molar-refractivity contribution in [3.8, 4) is 17.6 Å². The Morgan fingerprint density at radius 2 is 2.21 bits per heavy atom. The van der Waals surface area contributed by atoms with Crippen LogP contribution in [0.2, 0.25) is 0 Å². The lowest BCUT2D eigenvalue weighted by Crippen LogP contribution is -2.41. The highest BCUT2D eigenvalue weighted by Gasteiger charge is 2.19. The molecule has 0 aliphatic carbocycles. The zero-order valence-electron chi connectivity index (χ0n) is 11.0. The molecule has 0 heterocycles. The predicted octanol–water partition coefficient (Wildman–Crippen LogP) is 1.10. The highest BCUT2D eigenvalue weighted by atomic mass is 16.5. The zero-order chi connectivity index (χ0) is 14.3. The first kappa shape index (κ1) is 14.8. The third-order valence-electron chi connectivity index (χ3n) is 2.45. The Labute approximate surface area is 112 Å². The SMILES string of the molecule is CCOc1cc(C#N)ccc1OC(CC)C(=O)NN. The van der Waals surface area contributed by atoms with Gasteiger partial charge in [-0.3, -0.25) is 10.2 Å². The van der Waals surface area contributed by atoms with Gasteiger partial charge in [-0.15, -0.1) is 0 Å². The van der Waals surface area contributed by atoms with Gasteiger partial charge in [-0.25, -0.2) is 5.84 Å². The second kappa shape index (κ2) is 7.24. The molecular formula is C13H17N3O3. The summed E-state index contributed by atoms with van der Waals surface area (Å²) in [6.07, 6.45) is -0.230. The van der Waals surface area contributed by atoms with E-state index < -0.39 is 12.0 Å². The number of amides is 1. The predicted molar refractivity (Wildman–Crippen MR) is 69.4 cm³/mol. The monoisotopic (exact) mass is 263 g/mol. The molecule has 0 saturated heterocycles. The lowest BCUT2D eigenvalue weighted by Gasteiger charge is -2.18. The van der Waals surface area contributed by atoms with Crippen molar-refractivity contribution < 1.29 is 14.3 Å². The molecule has 19 heavy (non-hydrogen) atoms. The summed E-state index contributed by atoms with van der Waals surface area (Å²) in [5.74, 6) is 5.53. The summed E-state index contributed by atoms with van der Waals surface area (Å²) in [4.78, 5) is 11.5. The molecular weight excluding hydrogens is 246 g/mol. The van der Waals surface area contributed by atoms with Crippen LogP contribution in [0, 0.1) is 11.3 Å². The van der Waals surface area contributed by atoms with Gasteiger partial charge in [0.15, 0.2) is 17.6 Å². The molecule has 0 spiro atoms. The molecule has 3 N–H and O–H groups in total. The van der Waals surface area contributed by atoms with Crippen LogP contribution >= 0.6 is 0 Å². The van der Waals surface area contributed by atoms with Crippen molar-refractivity contribution >= 4 is 5.91 Å². The van der Waals surface area contributed by atoms with Crippen molar-refractivity contribution in [1.82, 2.24) is 5.43 Å². The minimum Gasteiger partial charge on any atom is -0.490 e. The fourth-order valence-corrected chi connectivity index (χ4v) is 1.51. The number of rotatable bonds is 6. The van der Waals surface area contributed by atoms with Crippen molar-refractivity contribution in [1.29, 1.82) is 5.26 Å². The first-order valence-corrected chi connectivity index (χ1v) is 6.00. The van der Waals surface area contributed by atoms with E-state index in [1.807, 2.05) is 19.9 Å². The molecule has 0 fully saturated rings. The molecule has 1 amide bonds. The first-order valence-electron chi connectivity index (χ1n) is 6.00. The van der Waals surface area contributed by atoms with Gasteiger partial charge in [0.05, 0.1) is 18.2 Å². The molecule has 0 bridgehead atoms. The Morgan fingerprint density at radius 1 is 1.47 bits per heavy atom. The Hall–Kier alpha value is -2.26. The summed E-state index contributed by atoms with van der Waals surface area (Å²) in [5.41, 5.74) is 2.52. The third kappa shape index (κ3) is 3.86. The average molecular weight is 263 g/mol. The average Bonchev–Trinajstić information content (AvgIpc) is 2.45. The van der Waals surface area contributed by atoms with Crippen molar-refractivity contribution in [3.05, 3.63) is 23.8 Å². The summed E-state index contributed by atoms with van der Waals surface area (Å²) >= 11 is 0. The number of carbonyl (C=O) groups excluding carboxylic acids is 1. The number of nitrogens with two attached hydrogens (primary N) is 1. The van der Waals surface area contributed by atoms with E-state index >= 15 is 0 Å². The van der Waals surface area contributed by atoms with Crippen LogP contribution in [0.4, 0.5) is 0 Å². The number of hydrogen-bond donors (Lipinski definition) is 2. The van der Waals surface area contributed by atoms with Crippen LogP contribution in [0.5, 0.6) is 11.5 Å². The molecule has 1 rings (SSSR count). The van der Waals surface area contributed by atoms with Gasteiger partial charge in [0.2, 0.25) is 0 Å². The third-order valence-corrected chi connectivity index (χ3v) is 2.45. The smallest absolute Gasteiger partial charge is 0.274 e. The lowest BCUT2D eigenvalue weighted by molar-refractivity contribution is -0.128. The van der Waals surface area contributed by atoms with Crippen LogP contribution in [0.15, 0.2) is 18.2 Å². The van der Waals surface area contributed by atoms with E-state index in [-0.39, 0.29) is 0 Å². The summed E-state index contributed by atoms with van der Waals surface area (Å²) in [5, 5.41) is 8.85. The van der Waals surface area contributed by atoms with Gasteiger partial charge in [0.25, 0.3) is 5.91 Å². The number of nitrogens with one attached hydrogen (secondary N) is 1. The Kier molecular flexibility index (Phi) is 5.64. The maximum Gasteiger partial charge on any atom is 0.274 e. The second-order valence-electron chi connectivity index (χ2n) is 3.73. The molecule has 1 unspecified atom stereocenters. The summed E-state index contributed by atoms with van der Waals surface area (Å²) < 4.78 is 11.0. The van der Waals surface area contributed by atoms with Gasteiger partial charge in [-0.1, -0.05) is 6.92 Å². The number of hydrogen-bond acceptors (Lipinski definition) is 5. The standard InChI is InChI=1S/C13H17N3O3/c1-3-10(13(17)16-15)19-11-6-5-9(8-14)7-12(11)18-4-2/h5-7,10H,3-4,15H2,1-2H3,(H,16,17). The van der Waals surface area contributed by atoms with E-state index in [2.05, 4.69) is 5.43 Å². The molecule has 6 heteroatoms. The molecule has 0 saturated carbocycles. The molecule has 102 valence electrons. The first-order chi connectivity index (χ1) is 9.15. The molecule has 1 aromatic carbocycles. The highest BCUT2D eigenvalue weighted by molar-refractivity contribution is 5.80. The van der Waals surface area contributed by atoms with Crippen LogP contribution in [0.1, 0.15) is 25.8 Å². The normalized spacial score (nSPS) is 11.3. The number of nitriles is 1. The largest absolute Gasteiger partial charge is 0.490 e. The Morgan fingerprint density at radius 3 is 2.74 bits per heavy atom. The van der Waals surface area contributed by atoms with E-state index in [9.17, 15) is 4.79 Å². The van der Waals surface area contributed by atoms with Gasteiger partial charge in [-0.05, 0) is 25.5 Å². The topological polar surface area (TPSA) is 97.4 Å². The van der Waals surface area contributed by atoms with Crippen LogP contribution < -0.4 is 20.7 Å². The number of ether oxygens (including phenoxy) is 2. The van der Waals surface area contributed by atoms with E-state index in [0.29, 0.717) is 30.1 Å². The molecule has 0 aliphatic rings. The number of nitrogens with zero attached hydrogens (tertiary/aromatic N) is 1. The van der Waals surface area contributed by atoms with E-state index in [0.717, 1.165) is 0 Å². The lowest BCUT2D eigenvalue weighted by atomic mass is 10.2. The molecule has 0 radical (unpaired) electrons. The molecule has 0 aromatic heterocycles. The number of carbonyl (C=O) groups is 1. The van der Waals surface area contributed by atoms with Gasteiger partial charge in [0, 0.05) is 6.07 Å². The molecule has 0 aliphatic heterocycles. The van der Waals surface area contributed by atoms with E-state index in [1.54, 1.807) is 18.2 Å². The minimum absolute atomic E-state index is 0.408. The number of hydrazine groups is 1. The summed E-state index contributed by atoms with van der Waals surface area (Å²) in [6.45, 7) is 4.07. The Bertz CT molecular complexity index is 483. The van der Waals surface area contributed by atoms with E-state index in [4.69, 9.17) is 20.6 Å². The summed E-state index contributed by atoms with van der Waals surface area (Å²) in [6, 6.07) is 6.80. The van der Waals surface area contributed by atoms with Gasteiger partial charge < -0.3 is 9.47 Å². The highest BCUT2D eigenvalue weighted by Crippen LogP contribution is 2.29. The fraction of sp³-hybridized carbons (Fsp3) is 0.385. The second-order valence-corrected chi connectivity index (χ2v) is 3.73. The van der Waals surface area contributed by atoms with Gasteiger partial charge in [-0.2, -0.15) is 5.26 Å². The van der Waals surface area contributed by atoms with Gasteiger partial charge in [0.1, 0.15) is 0 Å². The molecule has 6 nitrogen and oxygen atoms in total. The van der Waals surface area contributed by atoms with Crippen LogP contribution in [0.25, 0.3) is 0 Å².